The molecule has 0 atom stereocenters. The Kier molecular flexibility index (Phi) is 3.99. The van der Waals surface area contributed by atoms with Crippen LogP contribution in [0.15, 0.2) is 46.2 Å². The minimum atomic E-state index is 0.309. The molecular formula is C13H10Cl2N6O. The summed E-state index contributed by atoms with van der Waals surface area (Å²) in [5, 5.41) is 12.4. The number of nitrogens with one attached hydrogen (secondary N) is 1. The molecule has 0 fully saturated rings. The molecule has 0 radical (unpaired) electrons. The van der Waals surface area contributed by atoms with Gasteiger partial charge in [0.2, 0.25) is 0 Å². The second-order valence-corrected chi connectivity index (χ2v) is 5.10. The van der Waals surface area contributed by atoms with Crippen molar-refractivity contribution in [2.24, 2.45) is 5.10 Å². The number of nitrogens with two attached hydrogens (primary N) is 1. The zero-order valence-electron chi connectivity index (χ0n) is 11.1. The van der Waals surface area contributed by atoms with Gasteiger partial charge in [0.15, 0.2) is 0 Å². The molecule has 2 aromatic heterocycles. The number of halogens is 2. The van der Waals surface area contributed by atoms with Crippen molar-refractivity contribution in [3.8, 4) is 11.3 Å². The van der Waals surface area contributed by atoms with Crippen LogP contribution >= 0.6 is 23.2 Å². The van der Waals surface area contributed by atoms with E-state index >= 15 is 0 Å². The second kappa shape index (κ2) is 6.08. The number of rotatable bonds is 4. The first kappa shape index (κ1) is 14.4. The summed E-state index contributed by atoms with van der Waals surface area (Å²) in [7, 11) is 0. The third-order valence-corrected chi connectivity index (χ3v) is 3.30. The molecule has 0 saturated carbocycles. The van der Waals surface area contributed by atoms with Crippen molar-refractivity contribution in [3.05, 3.63) is 52.5 Å². The maximum Gasteiger partial charge on any atom is 0.263 e. The van der Waals surface area contributed by atoms with Gasteiger partial charge in [0, 0.05) is 10.6 Å². The smallest absolute Gasteiger partial charge is 0.263 e. The molecule has 7 nitrogen and oxygen atoms in total. The lowest BCUT2D eigenvalue weighted by atomic mass is 10.2. The lowest BCUT2D eigenvalue weighted by Crippen LogP contribution is -2.10. The molecule has 22 heavy (non-hydrogen) atoms. The van der Waals surface area contributed by atoms with Crippen LogP contribution in [0, 0.1) is 0 Å². The van der Waals surface area contributed by atoms with Crippen LogP contribution in [0.25, 0.3) is 11.3 Å². The van der Waals surface area contributed by atoms with Crippen molar-refractivity contribution in [2.45, 2.75) is 0 Å². The van der Waals surface area contributed by atoms with Crippen LogP contribution in [0.2, 0.25) is 10.0 Å². The van der Waals surface area contributed by atoms with Gasteiger partial charge in [0.1, 0.15) is 17.8 Å². The minimum absolute atomic E-state index is 0.309. The highest BCUT2D eigenvalue weighted by atomic mass is 35.5. The summed E-state index contributed by atoms with van der Waals surface area (Å²) < 4.78 is 6.86. The van der Waals surface area contributed by atoms with Crippen LogP contribution in [-0.4, -0.2) is 21.1 Å². The van der Waals surface area contributed by atoms with E-state index in [1.54, 1.807) is 30.3 Å². The molecule has 3 rings (SSSR count). The van der Waals surface area contributed by atoms with E-state index in [0.717, 1.165) is 5.56 Å². The monoisotopic (exact) mass is 336 g/mol. The van der Waals surface area contributed by atoms with Crippen molar-refractivity contribution >= 4 is 35.4 Å². The maximum absolute atomic E-state index is 6.14. The van der Waals surface area contributed by atoms with Crippen LogP contribution < -0.4 is 11.3 Å². The van der Waals surface area contributed by atoms with E-state index in [1.165, 1.54) is 17.2 Å². The lowest BCUT2D eigenvalue weighted by molar-refractivity contribution is 0.575. The van der Waals surface area contributed by atoms with Gasteiger partial charge >= 0.3 is 0 Å². The topological polar surface area (TPSA) is 94.3 Å². The molecule has 0 aliphatic rings. The van der Waals surface area contributed by atoms with E-state index in [0.29, 0.717) is 27.5 Å². The fraction of sp³-hybridized carbons (Fsp3) is 0. The van der Waals surface area contributed by atoms with Gasteiger partial charge in [-0.2, -0.15) is 5.10 Å². The third-order valence-electron chi connectivity index (χ3n) is 2.75. The van der Waals surface area contributed by atoms with Gasteiger partial charge in [0.25, 0.3) is 5.95 Å². The average Bonchev–Trinajstić information content (AvgIpc) is 3.09. The standard InChI is InChI=1S/C13H10Cl2N6O/c14-8-1-3-10(11(15)5-8)12-4-2-9(22-12)6-17-19-13-20-18-7-21(13)16/h1-7H,16H2,(H,19,20)/b17-6-. The van der Waals surface area contributed by atoms with Crippen molar-refractivity contribution in [3.63, 3.8) is 0 Å². The van der Waals surface area contributed by atoms with Gasteiger partial charge in [-0.3, -0.25) is 0 Å². The first-order chi connectivity index (χ1) is 10.6. The molecule has 3 aromatic rings. The van der Waals surface area contributed by atoms with E-state index in [2.05, 4.69) is 20.7 Å². The molecule has 0 aliphatic heterocycles. The molecule has 0 spiro atoms. The highest BCUT2D eigenvalue weighted by Crippen LogP contribution is 2.31. The maximum atomic E-state index is 6.14. The lowest BCUT2D eigenvalue weighted by Gasteiger charge is -2.00. The van der Waals surface area contributed by atoms with E-state index in [9.17, 15) is 0 Å². The van der Waals surface area contributed by atoms with E-state index in [4.69, 9.17) is 33.5 Å². The molecule has 3 N–H and O–H groups in total. The number of anilines is 1. The number of hydrogen-bond acceptors (Lipinski definition) is 6. The summed E-state index contributed by atoms with van der Waals surface area (Å²) in [6.07, 6.45) is 2.84. The van der Waals surface area contributed by atoms with Crippen LogP contribution in [0.5, 0.6) is 0 Å². The zero-order valence-corrected chi connectivity index (χ0v) is 12.6. The Hall–Kier alpha value is -2.51. The van der Waals surface area contributed by atoms with Gasteiger partial charge < -0.3 is 10.3 Å². The molecule has 0 unspecified atom stereocenters. The molecule has 112 valence electrons. The molecular weight excluding hydrogens is 327 g/mol. The highest BCUT2D eigenvalue weighted by molar-refractivity contribution is 6.36. The summed E-state index contributed by atoms with van der Waals surface area (Å²) in [4.78, 5) is 0. The third kappa shape index (κ3) is 3.05. The molecule has 9 heteroatoms. The normalized spacial score (nSPS) is 11.2. The Morgan fingerprint density at radius 2 is 2.14 bits per heavy atom. The predicted molar refractivity (Wildman–Crippen MR) is 85.6 cm³/mol. The number of nitrogens with zero attached hydrogens (tertiary/aromatic N) is 4. The highest BCUT2D eigenvalue weighted by Gasteiger charge is 2.08. The molecule has 0 bridgehead atoms. The van der Waals surface area contributed by atoms with E-state index in [1.807, 2.05) is 0 Å². The molecule has 0 saturated heterocycles. The number of aromatic nitrogens is 3. The van der Waals surface area contributed by atoms with Crippen LogP contribution in [0.4, 0.5) is 5.95 Å². The largest absolute Gasteiger partial charge is 0.455 e. The van der Waals surface area contributed by atoms with Gasteiger partial charge in [-0.05, 0) is 30.3 Å². The zero-order chi connectivity index (χ0) is 15.5. The van der Waals surface area contributed by atoms with Gasteiger partial charge in [0.05, 0.1) is 11.2 Å². The fourth-order valence-electron chi connectivity index (χ4n) is 1.73. The van der Waals surface area contributed by atoms with Gasteiger partial charge in [-0.25, -0.2) is 10.1 Å². The van der Waals surface area contributed by atoms with Gasteiger partial charge in [-0.15, -0.1) is 10.2 Å². The van der Waals surface area contributed by atoms with Crippen molar-refractivity contribution in [1.29, 1.82) is 0 Å². The Balaban J connectivity index is 1.75. The summed E-state index contributed by atoms with van der Waals surface area (Å²) in [5.41, 5.74) is 3.39. The van der Waals surface area contributed by atoms with Crippen molar-refractivity contribution in [1.82, 2.24) is 14.9 Å². The number of hydrogen-bond donors (Lipinski definition) is 2. The molecule has 0 aliphatic carbocycles. The molecule has 0 amide bonds. The summed E-state index contributed by atoms with van der Waals surface area (Å²) in [6.45, 7) is 0. The Labute approximate surface area is 135 Å². The number of nitrogen functional groups attached to an aromatic ring is 1. The van der Waals surface area contributed by atoms with Crippen molar-refractivity contribution < 1.29 is 4.42 Å². The molecule has 1 aromatic carbocycles. The summed E-state index contributed by atoms with van der Waals surface area (Å²) in [5.74, 6) is 7.00. The number of hydrazone groups is 1. The van der Waals surface area contributed by atoms with Crippen LogP contribution in [0.3, 0.4) is 0 Å². The van der Waals surface area contributed by atoms with Crippen LogP contribution in [0.1, 0.15) is 5.76 Å². The first-order valence-corrected chi connectivity index (χ1v) is 6.88. The first-order valence-electron chi connectivity index (χ1n) is 6.13. The van der Waals surface area contributed by atoms with E-state index in [-0.39, 0.29) is 0 Å². The number of benzene rings is 1. The number of furan rings is 1. The molecule has 2 heterocycles. The van der Waals surface area contributed by atoms with Gasteiger partial charge in [-0.1, -0.05) is 23.2 Å². The predicted octanol–water partition coefficient (Wildman–Crippen LogP) is 3.00. The Morgan fingerprint density at radius 3 is 2.86 bits per heavy atom. The SMILES string of the molecule is Nn1cnnc1N/N=C\c1ccc(-c2ccc(Cl)cc2Cl)o1. The Bertz CT molecular complexity index is 826. The van der Waals surface area contributed by atoms with Crippen LogP contribution in [-0.2, 0) is 0 Å². The average molecular weight is 337 g/mol. The summed E-state index contributed by atoms with van der Waals surface area (Å²) in [6, 6.07) is 8.75. The Morgan fingerprint density at radius 1 is 1.27 bits per heavy atom. The quantitative estimate of drug-likeness (QED) is 0.434. The van der Waals surface area contributed by atoms with Crippen molar-refractivity contribution in [2.75, 3.05) is 11.3 Å². The second-order valence-electron chi connectivity index (χ2n) is 4.26. The van der Waals surface area contributed by atoms with E-state index < -0.39 is 0 Å². The minimum Gasteiger partial charge on any atom is -0.455 e. The fourth-order valence-corrected chi connectivity index (χ4v) is 2.23. The summed E-state index contributed by atoms with van der Waals surface area (Å²) >= 11 is 12.0.